The number of nitrogens with one attached hydrogen (secondary N) is 1. The Hall–Kier alpha value is -1.13. The molecule has 1 aromatic rings. The van der Waals surface area contributed by atoms with Crippen LogP contribution in [-0.2, 0) is 6.54 Å². The number of hydrogen-bond acceptors (Lipinski definition) is 4. The maximum absolute atomic E-state index is 5.36. The molecule has 2 saturated heterocycles. The summed E-state index contributed by atoms with van der Waals surface area (Å²) in [6.45, 7) is 4.56. The van der Waals surface area contributed by atoms with Crippen molar-refractivity contribution in [2.75, 3.05) is 26.7 Å². The molecule has 4 heteroatoms. The zero-order valence-corrected chi connectivity index (χ0v) is 12.3. The van der Waals surface area contributed by atoms with E-state index in [1.165, 1.54) is 50.9 Å². The van der Waals surface area contributed by atoms with Crippen LogP contribution in [0.5, 0.6) is 5.88 Å². The van der Waals surface area contributed by atoms with Gasteiger partial charge in [0.1, 0.15) is 0 Å². The minimum Gasteiger partial charge on any atom is -0.481 e. The van der Waals surface area contributed by atoms with Crippen LogP contribution in [-0.4, -0.2) is 42.7 Å². The van der Waals surface area contributed by atoms with Gasteiger partial charge in [0.15, 0.2) is 0 Å². The number of ether oxygens (including phenoxy) is 1. The maximum Gasteiger partial charge on any atom is 0.217 e. The highest BCUT2D eigenvalue weighted by Crippen LogP contribution is 2.26. The Kier molecular flexibility index (Phi) is 4.53. The van der Waals surface area contributed by atoms with Crippen LogP contribution in [0.2, 0.25) is 0 Å². The fourth-order valence-electron chi connectivity index (χ4n) is 3.65. The van der Waals surface area contributed by atoms with Crippen LogP contribution in [0.4, 0.5) is 0 Å². The molecule has 0 bridgehead atoms. The van der Waals surface area contributed by atoms with Gasteiger partial charge in [-0.05, 0) is 50.8 Å². The van der Waals surface area contributed by atoms with Crippen LogP contribution in [0.15, 0.2) is 18.3 Å². The summed E-state index contributed by atoms with van der Waals surface area (Å²) in [6, 6.07) is 4.87. The molecule has 2 fully saturated rings. The van der Waals surface area contributed by atoms with E-state index in [-0.39, 0.29) is 0 Å². The average Bonchev–Trinajstić information content (AvgIpc) is 3.02. The summed E-state index contributed by atoms with van der Waals surface area (Å²) in [5.41, 5.74) is 1.20. The van der Waals surface area contributed by atoms with E-state index in [1.807, 2.05) is 6.07 Å². The van der Waals surface area contributed by atoms with Crippen LogP contribution in [0, 0.1) is 5.92 Å². The van der Waals surface area contributed by atoms with Gasteiger partial charge >= 0.3 is 0 Å². The van der Waals surface area contributed by atoms with Crippen molar-refractivity contribution in [2.45, 2.75) is 38.3 Å². The molecule has 20 heavy (non-hydrogen) atoms. The molecular weight excluding hydrogens is 250 g/mol. The van der Waals surface area contributed by atoms with Crippen molar-refractivity contribution in [3.63, 3.8) is 0 Å². The van der Waals surface area contributed by atoms with Gasteiger partial charge in [-0.25, -0.2) is 4.98 Å². The maximum atomic E-state index is 5.36. The van der Waals surface area contributed by atoms with E-state index in [0.29, 0.717) is 0 Å². The second kappa shape index (κ2) is 6.55. The fourth-order valence-corrected chi connectivity index (χ4v) is 3.65. The van der Waals surface area contributed by atoms with Crippen LogP contribution in [0.25, 0.3) is 0 Å². The molecule has 2 aliphatic rings. The minimum absolute atomic E-state index is 0.744. The number of methoxy groups -OCH3 is 1. The highest BCUT2D eigenvalue weighted by Gasteiger charge is 2.29. The van der Waals surface area contributed by atoms with Gasteiger partial charge in [0.05, 0.1) is 7.11 Å². The van der Waals surface area contributed by atoms with Crippen LogP contribution in [0.3, 0.4) is 0 Å². The molecule has 0 aliphatic carbocycles. The molecule has 1 aromatic heterocycles. The molecular formula is C16H25N3O. The Morgan fingerprint density at radius 3 is 3.15 bits per heavy atom. The first-order valence-electron chi connectivity index (χ1n) is 7.80. The molecule has 2 aliphatic heterocycles. The van der Waals surface area contributed by atoms with E-state index in [1.54, 1.807) is 13.3 Å². The lowest BCUT2D eigenvalue weighted by Crippen LogP contribution is -2.43. The van der Waals surface area contributed by atoms with Gasteiger partial charge in [0.2, 0.25) is 5.88 Å². The van der Waals surface area contributed by atoms with E-state index in [0.717, 1.165) is 24.4 Å². The standard InChI is InChI=1S/C16H25N3O/c1-20-16-14(5-2-9-18-16)12-19-10-4-6-13(11-19)15-7-3-8-17-15/h2,5,9,13,15,17H,3-4,6-8,10-12H2,1H3. The van der Waals surface area contributed by atoms with Crippen molar-refractivity contribution in [2.24, 2.45) is 5.92 Å². The molecule has 2 unspecified atom stereocenters. The second-order valence-corrected chi connectivity index (χ2v) is 6.01. The second-order valence-electron chi connectivity index (χ2n) is 6.01. The molecule has 4 nitrogen and oxygen atoms in total. The van der Waals surface area contributed by atoms with E-state index in [4.69, 9.17) is 4.74 Å². The summed E-state index contributed by atoms with van der Waals surface area (Å²) in [6.07, 6.45) is 7.18. The quantitative estimate of drug-likeness (QED) is 0.912. The number of aromatic nitrogens is 1. The summed E-state index contributed by atoms with van der Waals surface area (Å²) in [5, 5.41) is 3.67. The van der Waals surface area contributed by atoms with Crippen molar-refractivity contribution in [3.05, 3.63) is 23.9 Å². The van der Waals surface area contributed by atoms with Crippen molar-refractivity contribution in [1.29, 1.82) is 0 Å². The Morgan fingerprint density at radius 1 is 1.40 bits per heavy atom. The predicted octanol–water partition coefficient (Wildman–Crippen LogP) is 2.05. The van der Waals surface area contributed by atoms with Crippen molar-refractivity contribution in [1.82, 2.24) is 15.2 Å². The van der Waals surface area contributed by atoms with E-state index in [9.17, 15) is 0 Å². The Labute approximate surface area is 121 Å². The molecule has 0 saturated carbocycles. The summed E-state index contributed by atoms with van der Waals surface area (Å²) in [7, 11) is 1.70. The summed E-state index contributed by atoms with van der Waals surface area (Å²) in [4.78, 5) is 6.86. The number of piperidine rings is 1. The Balaban J connectivity index is 1.62. The van der Waals surface area contributed by atoms with E-state index >= 15 is 0 Å². The van der Waals surface area contributed by atoms with Gasteiger partial charge < -0.3 is 10.1 Å². The van der Waals surface area contributed by atoms with E-state index < -0.39 is 0 Å². The first-order chi connectivity index (χ1) is 9.86. The topological polar surface area (TPSA) is 37.4 Å². The average molecular weight is 275 g/mol. The summed E-state index contributed by atoms with van der Waals surface area (Å²) >= 11 is 0. The van der Waals surface area contributed by atoms with Crippen molar-refractivity contribution < 1.29 is 4.74 Å². The normalized spacial score (nSPS) is 27.6. The molecule has 2 atom stereocenters. The number of likely N-dealkylation sites (tertiary alicyclic amines) is 1. The summed E-state index contributed by atoms with van der Waals surface area (Å²) in [5.74, 6) is 1.59. The SMILES string of the molecule is COc1ncccc1CN1CCCC(C2CCCN2)C1. The van der Waals surface area contributed by atoms with Gasteiger partial charge in [-0.2, -0.15) is 0 Å². The first kappa shape index (κ1) is 13.8. The fraction of sp³-hybridized carbons (Fsp3) is 0.688. The zero-order chi connectivity index (χ0) is 13.8. The molecule has 1 N–H and O–H groups in total. The monoisotopic (exact) mass is 275 g/mol. The van der Waals surface area contributed by atoms with Crippen molar-refractivity contribution >= 4 is 0 Å². The van der Waals surface area contributed by atoms with Crippen LogP contribution < -0.4 is 10.1 Å². The highest BCUT2D eigenvalue weighted by atomic mass is 16.5. The Morgan fingerprint density at radius 2 is 2.35 bits per heavy atom. The third-order valence-corrected chi connectivity index (χ3v) is 4.65. The zero-order valence-electron chi connectivity index (χ0n) is 12.3. The van der Waals surface area contributed by atoms with Gasteiger partial charge in [-0.15, -0.1) is 0 Å². The van der Waals surface area contributed by atoms with Crippen molar-refractivity contribution in [3.8, 4) is 5.88 Å². The lowest BCUT2D eigenvalue weighted by atomic mass is 9.89. The van der Waals surface area contributed by atoms with Crippen LogP contribution >= 0.6 is 0 Å². The largest absolute Gasteiger partial charge is 0.481 e. The number of rotatable bonds is 4. The third-order valence-electron chi connectivity index (χ3n) is 4.65. The molecule has 0 spiro atoms. The molecule has 0 aromatic carbocycles. The minimum atomic E-state index is 0.744. The van der Waals surface area contributed by atoms with E-state index in [2.05, 4.69) is 21.3 Å². The van der Waals surface area contributed by atoms with Gasteiger partial charge in [-0.1, -0.05) is 6.07 Å². The number of pyridine rings is 1. The predicted molar refractivity (Wildman–Crippen MR) is 79.8 cm³/mol. The van der Waals surface area contributed by atoms with Crippen LogP contribution in [0.1, 0.15) is 31.2 Å². The summed E-state index contributed by atoms with van der Waals surface area (Å²) < 4.78 is 5.36. The molecule has 3 rings (SSSR count). The molecule has 0 radical (unpaired) electrons. The Bertz CT molecular complexity index is 431. The highest BCUT2D eigenvalue weighted by molar-refractivity contribution is 5.25. The van der Waals surface area contributed by atoms with Gasteiger partial charge in [0, 0.05) is 30.9 Å². The lowest BCUT2D eigenvalue weighted by Gasteiger charge is -2.35. The van der Waals surface area contributed by atoms with Gasteiger partial charge in [-0.3, -0.25) is 4.90 Å². The smallest absolute Gasteiger partial charge is 0.217 e. The lowest BCUT2D eigenvalue weighted by molar-refractivity contribution is 0.144. The number of hydrogen-bond donors (Lipinski definition) is 1. The third kappa shape index (κ3) is 3.13. The molecule has 0 amide bonds. The molecule has 3 heterocycles. The molecule has 110 valence electrons. The van der Waals surface area contributed by atoms with Gasteiger partial charge in [0.25, 0.3) is 0 Å². The first-order valence-corrected chi connectivity index (χ1v) is 7.80. The number of nitrogens with zero attached hydrogens (tertiary/aromatic N) is 2.